The topological polar surface area (TPSA) is 86.2 Å². The molecule has 1 aromatic carbocycles. The molecule has 0 amide bonds. The van der Waals surface area contributed by atoms with E-state index in [-0.39, 0.29) is 18.4 Å². The maximum absolute atomic E-state index is 11.2. The lowest BCUT2D eigenvalue weighted by Crippen LogP contribution is -2.15. The molecule has 0 spiro atoms. The second kappa shape index (κ2) is 6.20. The molecular weight excluding hydrogens is 248 g/mol. The van der Waals surface area contributed by atoms with E-state index in [4.69, 9.17) is 11.5 Å². The third-order valence-corrected chi connectivity index (χ3v) is 3.34. The van der Waals surface area contributed by atoms with E-state index >= 15 is 0 Å². The Morgan fingerprint density at radius 2 is 1.75 bits per heavy atom. The molecule has 0 aliphatic heterocycles. The van der Waals surface area contributed by atoms with E-state index in [0.717, 1.165) is 5.56 Å². The lowest BCUT2D eigenvalue weighted by molar-refractivity contribution is 0.601. The van der Waals surface area contributed by atoms with Crippen molar-refractivity contribution in [2.45, 2.75) is 17.4 Å². The first-order chi connectivity index (χ1) is 6.95. The highest BCUT2D eigenvalue weighted by Crippen LogP contribution is 2.16. The van der Waals surface area contributed by atoms with E-state index in [0.29, 0.717) is 17.9 Å². The van der Waals surface area contributed by atoms with Gasteiger partial charge in [0.15, 0.2) is 9.84 Å². The fourth-order valence-electron chi connectivity index (χ4n) is 1.31. The van der Waals surface area contributed by atoms with Crippen LogP contribution in [0.5, 0.6) is 0 Å². The van der Waals surface area contributed by atoms with Gasteiger partial charge < -0.3 is 11.5 Å². The fraction of sp³-hybridized carbons (Fsp3) is 0.400. The second-order valence-corrected chi connectivity index (χ2v) is 5.54. The predicted octanol–water partition coefficient (Wildman–Crippen LogP) is 0.861. The third-order valence-electron chi connectivity index (χ3n) is 2.21. The SMILES string of the molecule is CS(=O)(=O)c1ccc([C@@H](N)CCN)cc1.Cl. The Morgan fingerprint density at radius 3 is 2.12 bits per heavy atom. The highest BCUT2D eigenvalue weighted by atomic mass is 35.5. The molecule has 1 atom stereocenters. The zero-order valence-electron chi connectivity index (χ0n) is 9.09. The van der Waals surface area contributed by atoms with Gasteiger partial charge in [0, 0.05) is 12.3 Å². The Morgan fingerprint density at radius 1 is 1.25 bits per heavy atom. The number of sulfone groups is 1. The summed E-state index contributed by atoms with van der Waals surface area (Å²) < 4.78 is 22.4. The molecule has 4 N–H and O–H groups in total. The zero-order valence-corrected chi connectivity index (χ0v) is 10.7. The molecule has 0 aliphatic carbocycles. The van der Waals surface area contributed by atoms with Crippen molar-refractivity contribution in [1.29, 1.82) is 0 Å². The Labute approximate surface area is 102 Å². The Bertz CT molecular complexity index is 417. The van der Waals surface area contributed by atoms with E-state index in [9.17, 15) is 8.42 Å². The van der Waals surface area contributed by atoms with E-state index in [1.54, 1.807) is 24.3 Å². The molecular formula is C10H17ClN2O2S. The van der Waals surface area contributed by atoms with E-state index in [2.05, 4.69) is 0 Å². The van der Waals surface area contributed by atoms with Crippen LogP contribution in [-0.2, 0) is 9.84 Å². The van der Waals surface area contributed by atoms with E-state index in [1.807, 2.05) is 0 Å². The molecule has 0 saturated heterocycles. The first-order valence-corrected chi connectivity index (χ1v) is 6.60. The van der Waals surface area contributed by atoms with Gasteiger partial charge in [-0.1, -0.05) is 12.1 Å². The summed E-state index contributed by atoms with van der Waals surface area (Å²) in [4.78, 5) is 0.311. The van der Waals surface area contributed by atoms with Crippen molar-refractivity contribution in [2.75, 3.05) is 12.8 Å². The summed E-state index contributed by atoms with van der Waals surface area (Å²) in [7, 11) is -3.12. The number of hydrogen-bond acceptors (Lipinski definition) is 4. The largest absolute Gasteiger partial charge is 0.330 e. The van der Waals surface area contributed by atoms with Crippen LogP contribution in [-0.4, -0.2) is 21.2 Å². The summed E-state index contributed by atoms with van der Waals surface area (Å²) in [5, 5.41) is 0. The summed E-state index contributed by atoms with van der Waals surface area (Å²) >= 11 is 0. The monoisotopic (exact) mass is 264 g/mol. The molecule has 1 rings (SSSR count). The molecule has 0 aromatic heterocycles. The van der Waals surface area contributed by atoms with Crippen molar-refractivity contribution in [3.8, 4) is 0 Å². The van der Waals surface area contributed by atoms with Crippen LogP contribution in [0.2, 0.25) is 0 Å². The highest BCUT2D eigenvalue weighted by Gasteiger charge is 2.08. The van der Waals surface area contributed by atoms with Gasteiger partial charge in [0.05, 0.1) is 4.90 Å². The minimum atomic E-state index is -3.12. The first kappa shape index (κ1) is 15.4. The minimum absolute atomic E-state index is 0. The summed E-state index contributed by atoms with van der Waals surface area (Å²) in [6.07, 6.45) is 1.88. The fourth-order valence-corrected chi connectivity index (χ4v) is 1.94. The summed E-state index contributed by atoms with van der Waals surface area (Å²) in [5.74, 6) is 0. The molecule has 16 heavy (non-hydrogen) atoms. The van der Waals surface area contributed by atoms with Crippen molar-refractivity contribution in [2.24, 2.45) is 11.5 Å². The summed E-state index contributed by atoms with van der Waals surface area (Å²) in [6, 6.07) is 6.48. The Hall–Kier alpha value is -0.620. The van der Waals surface area contributed by atoms with Gasteiger partial charge in [-0.25, -0.2) is 8.42 Å². The van der Waals surface area contributed by atoms with Gasteiger partial charge in [-0.2, -0.15) is 0 Å². The number of rotatable bonds is 4. The van der Waals surface area contributed by atoms with Crippen molar-refractivity contribution in [3.63, 3.8) is 0 Å². The molecule has 0 unspecified atom stereocenters. The maximum atomic E-state index is 11.2. The number of halogens is 1. The third kappa shape index (κ3) is 4.09. The van der Waals surface area contributed by atoms with Gasteiger partial charge in [0.2, 0.25) is 0 Å². The molecule has 0 aliphatic rings. The van der Waals surface area contributed by atoms with Crippen LogP contribution in [0.15, 0.2) is 29.2 Å². The van der Waals surface area contributed by atoms with Crippen LogP contribution in [0.3, 0.4) is 0 Å². The number of hydrogen-bond donors (Lipinski definition) is 2. The molecule has 0 saturated carbocycles. The number of benzene rings is 1. The van der Waals surface area contributed by atoms with Crippen LogP contribution in [0.4, 0.5) is 0 Å². The van der Waals surface area contributed by atoms with Gasteiger partial charge >= 0.3 is 0 Å². The molecule has 0 fully saturated rings. The molecule has 0 heterocycles. The number of nitrogens with two attached hydrogens (primary N) is 2. The quantitative estimate of drug-likeness (QED) is 0.845. The predicted molar refractivity (Wildman–Crippen MR) is 67.4 cm³/mol. The van der Waals surface area contributed by atoms with Crippen LogP contribution >= 0.6 is 12.4 Å². The first-order valence-electron chi connectivity index (χ1n) is 4.71. The van der Waals surface area contributed by atoms with E-state index in [1.165, 1.54) is 6.26 Å². The molecule has 0 bridgehead atoms. The normalized spacial score (nSPS) is 12.9. The Kier molecular flexibility index (Phi) is 5.96. The standard InChI is InChI=1S/C10H16N2O2S.ClH/c1-15(13,14)9-4-2-8(3-5-9)10(12)6-7-11;/h2-5,10H,6-7,11-12H2,1H3;1H/t10-;/m0./s1. The molecule has 92 valence electrons. The van der Waals surface area contributed by atoms with Crippen molar-refractivity contribution in [3.05, 3.63) is 29.8 Å². The lowest BCUT2D eigenvalue weighted by Gasteiger charge is -2.10. The average molecular weight is 265 g/mol. The second-order valence-electron chi connectivity index (χ2n) is 3.53. The average Bonchev–Trinajstić information content (AvgIpc) is 2.17. The highest BCUT2D eigenvalue weighted by molar-refractivity contribution is 7.90. The van der Waals surface area contributed by atoms with Gasteiger partial charge in [-0.15, -0.1) is 12.4 Å². The van der Waals surface area contributed by atoms with Crippen LogP contribution in [0.25, 0.3) is 0 Å². The molecule has 6 heteroatoms. The molecule has 0 radical (unpaired) electrons. The van der Waals surface area contributed by atoms with Gasteiger partial charge in [-0.05, 0) is 30.7 Å². The maximum Gasteiger partial charge on any atom is 0.175 e. The Balaban J connectivity index is 0.00000225. The van der Waals surface area contributed by atoms with Crippen molar-refractivity contribution >= 4 is 22.2 Å². The van der Waals surface area contributed by atoms with Crippen LogP contribution in [0.1, 0.15) is 18.0 Å². The van der Waals surface area contributed by atoms with Crippen LogP contribution in [0, 0.1) is 0 Å². The summed E-state index contributed by atoms with van der Waals surface area (Å²) in [5.41, 5.74) is 12.1. The van der Waals surface area contributed by atoms with Crippen molar-refractivity contribution in [1.82, 2.24) is 0 Å². The lowest BCUT2D eigenvalue weighted by atomic mass is 10.1. The molecule has 1 aromatic rings. The van der Waals surface area contributed by atoms with Gasteiger partial charge in [0.25, 0.3) is 0 Å². The molecule has 4 nitrogen and oxygen atoms in total. The van der Waals surface area contributed by atoms with Gasteiger partial charge in [-0.3, -0.25) is 0 Å². The smallest absolute Gasteiger partial charge is 0.175 e. The van der Waals surface area contributed by atoms with Gasteiger partial charge in [0.1, 0.15) is 0 Å². The summed E-state index contributed by atoms with van der Waals surface area (Å²) in [6.45, 7) is 0.523. The zero-order chi connectivity index (χ0) is 11.5. The minimum Gasteiger partial charge on any atom is -0.330 e. The van der Waals surface area contributed by atoms with E-state index < -0.39 is 9.84 Å². The van der Waals surface area contributed by atoms with Crippen LogP contribution < -0.4 is 11.5 Å². The van der Waals surface area contributed by atoms with Crippen molar-refractivity contribution < 1.29 is 8.42 Å².